The van der Waals surface area contributed by atoms with E-state index in [1.807, 2.05) is 23.7 Å². The number of aromatic nitrogens is 3. The lowest BCUT2D eigenvalue weighted by molar-refractivity contribution is -0.116. The first kappa shape index (κ1) is 21.4. The second-order valence-corrected chi connectivity index (χ2v) is 7.42. The minimum Gasteiger partial charge on any atom is -0.352 e. The second kappa shape index (κ2) is 9.97. The first-order chi connectivity index (χ1) is 14.4. The van der Waals surface area contributed by atoms with Crippen molar-refractivity contribution in [2.45, 2.75) is 22.9 Å². The summed E-state index contributed by atoms with van der Waals surface area (Å²) in [5.41, 5.74) is 0.417. The number of carbonyl (C=O) groups is 2. The van der Waals surface area contributed by atoms with Crippen molar-refractivity contribution in [1.82, 2.24) is 20.1 Å². The maximum Gasteiger partial charge on any atom is 0.254 e. The third kappa shape index (κ3) is 5.86. The molecule has 0 radical (unpaired) electrons. The van der Waals surface area contributed by atoms with E-state index >= 15 is 0 Å². The van der Waals surface area contributed by atoms with Crippen LogP contribution in [0, 0.1) is 11.6 Å². The third-order valence-electron chi connectivity index (χ3n) is 4.06. The highest BCUT2D eigenvalue weighted by atomic mass is 32.2. The van der Waals surface area contributed by atoms with Crippen LogP contribution in [-0.4, -0.2) is 33.1 Å². The molecule has 0 spiro atoms. The van der Waals surface area contributed by atoms with Gasteiger partial charge in [-0.15, -0.1) is 10.2 Å². The van der Waals surface area contributed by atoms with E-state index in [1.54, 1.807) is 18.5 Å². The van der Waals surface area contributed by atoms with E-state index in [0.29, 0.717) is 18.2 Å². The molecule has 0 aliphatic heterocycles. The van der Waals surface area contributed by atoms with Crippen LogP contribution in [0.3, 0.4) is 0 Å². The maximum atomic E-state index is 13.6. The van der Waals surface area contributed by atoms with E-state index < -0.39 is 17.5 Å². The highest BCUT2D eigenvalue weighted by molar-refractivity contribution is 7.99. The number of hydrogen-bond donors (Lipinski definition) is 2. The van der Waals surface area contributed by atoms with Crippen LogP contribution in [0.25, 0.3) is 0 Å². The van der Waals surface area contributed by atoms with Gasteiger partial charge >= 0.3 is 0 Å². The van der Waals surface area contributed by atoms with Crippen LogP contribution in [0.2, 0.25) is 0 Å². The van der Waals surface area contributed by atoms with E-state index in [2.05, 4.69) is 20.8 Å². The molecule has 1 heterocycles. The van der Waals surface area contributed by atoms with Crippen LogP contribution >= 0.6 is 11.8 Å². The summed E-state index contributed by atoms with van der Waals surface area (Å²) in [6.45, 7) is 0.191. The predicted octanol–water partition coefficient (Wildman–Crippen LogP) is 3.39. The van der Waals surface area contributed by atoms with Crippen LogP contribution in [-0.2, 0) is 11.8 Å². The van der Waals surface area contributed by atoms with E-state index in [0.717, 1.165) is 22.2 Å². The van der Waals surface area contributed by atoms with Crippen molar-refractivity contribution in [2.24, 2.45) is 7.05 Å². The standard InChI is InChI=1S/C20H19F2N5O2S/c1-27-12-24-26-20(27)30-15-7-5-14(6-8-15)25-18(28)3-2-10-23-19(29)16-9-4-13(21)11-17(16)22/h4-9,11-12H,2-3,10H2,1H3,(H,23,29)(H,25,28). The molecule has 0 bridgehead atoms. The number of nitrogens with one attached hydrogen (secondary N) is 2. The van der Waals surface area contributed by atoms with Crippen molar-refractivity contribution in [3.8, 4) is 0 Å². The van der Waals surface area contributed by atoms with Gasteiger partial charge in [0.15, 0.2) is 5.16 Å². The molecule has 10 heteroatoms. The number of nitrogens with zero attached hydrogens (tertiary/aromatic N) is 3. The normalized spacial score (nSPS) is 10.6. The van der Waals surface area contributed by atoms with Gasteiger partial charge in [0, 0.05) is 36.7 Å². The minimum atomic E-state index is -0.925. The zero-order valence-corrected chi connectivity index (χ0v) is 16.9. The highest BCUT2D eigenvalue weighted by Crippen LogP contribution is 2.26. The van der Waals surface area contributed by atoms with Gasteiger partial charge in [-0.25, -0.2) is 8.78 Å². The summed E-state index contributed by atoms with van der Waals surface area (Å²) in [7, 11) is 1.86. The Labute approximate surface area is 175 Å². The topological polar surface area (TPSA) is 88.9 Å². The minimum absolute atomic E-state index is 0.182. The smallest absolute Gasteiger partial charge is 0.254 e. The third-order valence-corrected chi connectivity index (χ3v) is 5.12. The number of carbonyl (C=O) groups excluding carboxylic acids is 2. The summed E-state index contributed by atoms with van der Waals surface area (Å²) in [5.74, 6) is -2.53. The van der Waals surface area contributed by atoms with Gasteiger partial charge in [0.25, 0.3) is 5.91 Å². The molecule has 0 aliphatic rings. The molecule has 2 aromatic carbocycles. The molecule has 0 atom stereocenters. The number of benzene rings is 2. The average Bonchev–Trinajstić information content (AvgIpc) is 3.11. The van der Waals surface area contributed by atoms with Crippen molar-refractivity contribution in [2.75, 3.05) is 11.9 Å². The predicted molar refractivity (Wildman–Crippen MR) is 108 cm³/mol. The van der Waals surface area contributed by atoms with Crippen LogP contribution in [0.5, 0.6) is 0 Å². The Balaban J connectivity index is 1.40. The summed E-state index contributed by atoms with van der Waals surface area (Å²) < 4.78 is 28.3. The van der Waals surface area contributed by atoms with Crippen LogP contribution in [0.15, 0.2) is 58.8 Å². The largest absolute Gasteiger partial charge is 0.352 e. The molecule has 7 nitrogen and oxygen atoms in total. The van der Waals surface area contributed by atoms with Crippen LogP contribution in [0.4, 0.5) is 14.5 Å². The molecule has 0 saturated carbocycles. The lowest BCUT2D eigenvalue weighted by atomic mass is 10.2. The molecule has 0 saturated heterocycles. The molecular weight excluding hydrogens is 412 g/mol. The lowest BCUT2D eigenvalue weighted by Crippen LogP contribution is -2.26. The van der Waals surface area contributed by atoms with Crippen molar-refractivity contribution >= 4 is 29.3 Å². The van der Waals surface area contributed by atoms with Crippen molar-refractivity contribution in [3.63, 3.8) is 0 Å². The Bertz CT molecular complexity index is 1040. The monoisotopic (exact) mass is 431 g/mol. The first-order valence-corrected chi connectivity index (χ1v) is 9.89. The molecule has 3 rings (SSSR count). The van der Waals surface area contributed by atoms with E-state index in [1.165, 1.54) is 11.8 Å². The summed E-state index contributed by atoms with van der Waals surface area (Å²) in [6.07, 6.45) is 2.18. The number of halogens is 2. The molecule has 30 heavy (non-hydrogen) atoms. The highest BCUT2D eigenvalue weighted by Gasteiger charge is 2.12. The molecule has 2 N–H and O–H groups in total. The number of aryl methyl sites for hydroxylation is 1. The summed E-state index contributed by atoms with van der Waals surface area (Å²) >= 11 is 1.46. The molecule has 1 aromatic heterocycles. The number of hydrogen-bond acceptors (Lipinski definition) is 5. The van der Waals surface area contributed by atoms with Gasteiger partial charge in [0.05, 0.1) is 5.56 Å². The molecule has 2 amide bonds. The second-order valence-electron chi connectivity index (χ2n) is 6.38. The summed E-state index contributed by atoms with van der Waals surface area (Å²) in [4.78, 5) is 24.9. The van der Waals surface area contributed by atoms with E-state index in [-0.39, 0.29) is 24.4 Å². The van der Waals surface area contributed by atoms with Crippen molar-refractivity contribution < 1.29 is 18.4 Å². The van der Waals surface area contributed by atoms with Crippen molar-refractivity contribution in [1.29, 1.82) is 0 Å². The summed E-state index contributed by atoms with van der Waals surface area (Å²) in [6, 6.07) is 10.1. The van der Waals surface area contributed by atoms with Gasteiger partial charge in [0.1, 0.15) is 18.0 Å². The molecule has 156 valence electrons. The van der Waals surface area contributed by atoms with Gasteiger partial charge in [-0.05, 0) is 54.6 Å². The maximum absolute atomic E-state index is 13.6. The van der Waals surface area contributed by atoms with E-state index in [9.17, 15) is 18.4 Å². The van der Waals surface area contributed by atoms with Gasteiger partial charge in [-0.3, -0.25) is 9.59 Å². The number of anilines is 1. The number of amides is 2. The number of rotatable bonds is 8. The van der Waals surface area contributed by atoms with Gasteiger partial charge in [-0.1, -0.05) is 0 Å². The van der Waals surface area contributed by atoms with Crippen molar-refractivity contribution in [3.05, 3.63) is 66.0 Å². The Hall–Kier alpha value is -3.27. The van der Waals surface area contributed by atoms with Crippen LogP contribution < -0.4 is 10.6 Å². The Morgan fingerprint density at radius 3 is 2.57 bits per heavy atom. The Morgan fingerprint density at radius 2 is 1.90 bits per heavy atom. The fourth-order valence-corrected chi connectivity index (χ4v) is 3.28. The first-order valence-electron chi connectivity index (χ1n) is 9.07. The molecule has 3 aromatic rings. The lowest BCUT2D eigenvalue weighted by Gasteiger charge is -2.08. The molecule has 0 aliphatic carbocycles. The quantitative estimate of drug-likeness (QED) is 0.534. The fraction of sp³-hybridized carbons (Fsp3) is 0.200. The molecule has 0 fully saturated rings. The van der Waals surface area contributed by atoms with Gasteiger partial charge < -0.3 is 15.2 Å². The Morgan fingerprint density at radius 1 is 1.13 bits per heavy atom. The zero-order chi connectivity index (χ0) is 21.5. The Kier molecular flexibility index (Phi) is 7.12. The molecule has 0 unspecified atom stereocenters. The van der Waals surface area contributed by atoms with E-state index in [4.69, 9.17) is 0 Å². The summed E-state index contributed by atoms with van der Waals surface area (Å²) in [5, 5.41) is 13.9. The fourth-order valence-electron chi connectivity index (χ4n) is 2.52. The average molecular weight is 431 g/mol. The van der Waals surface area contributed by atoms with Gasteiger partial charge in [-0.2, -0.15) is 0 Å². The SMILES string of the molecule is Cn1cnnc1Sc1ccc(NC(=O)CCCNC(=O)c2ccc(F)cc2F)cc1. The zero-order valence-electron chi connectivity index (χ0n) is 16.1. The van der Waals surface area contributed by atoms with Crippen LogP contribution in [0.1, 0.15) is 23.2 Å². The van der Waals surface area contributed by atoms with Gasteiger partial charge in [0.2, 0.25) is 5.91 Å². The molecular formula is C20H19F2N5O2S.